The number of hydrogen-bond donors (Lipinski definition) is 0. The zero-order valence-corrected chi connectivity index (χ0v) is 22.0. The molecule has 9 aromatic rings. The predicted molar refractivity (Wildman–Crippen MR) is 168 cm³/mol. The van der Waals surface area contributed by atoms with Gasteiger partial charge in [-0.2, -0.15) is 0 Å². The highest BCUT2D eigenvalue weighted by Crippen LogP contribution is 2.48. The van der Waals surface area contributed by atoms with E-state index in [2.05, 4.69) is 123 Å². The minimum absolute atomic E-state index is 0.873. The highest BCUT2D eigenvalue weighted by molar-refractivity contribution is 6.19. The van der Waals surface area contributed by atoms with Gasteiger partial charge in [0, 0.05) is 39.8 Å². The largest absolute Gasteiger partial charge is 0.309 e. The summed E-state index contributed by atoms with van der Waals surface area (Å²) in [4.78, 5) is 9.72. The average molecular weight is 523 g/mol. The fraction of sp³-hybridized carbons (Fsp3) is 0.0270. The minimum atomic E-state index is 0.873. The minimum Gasteiger partial charge on any atom is -0.309 e. The molecule has 4 heterocycles. The molecule has 190 valence electrons. The smallest absolute Gasteiger partial charge is 0.146 e. The molecule has 1 aliphatic carbocycles. The Bertz CT molecular complexity index is 2550. The number of aromatic nitrogens is 4. The van der Waals surface area contributed by atoms with Crippen LogP contribution in [0, 0.1) is 0 Å². The molecular weight excluding hydrogens is 500 g/mol. The summed E-state index contributed by atoms with van der Waals surface area (Å²) in [7, 11) is 0. The molecular formula is C37H22N4. The van der Waals surface area contributed by atoms with Crippen LogP contribution in [0.4, 0.5) is 0 Å². The molecule has 0 spiro atoms. The second kappa shape index (κ2) is 7.58. The Kier molecular flexibility index (Phi) is 3.95. The second-order valence-electron chi connectivity index (χ2n) is 11.0. The normalized spacial score (nSPS) is 12.8. The van der Waals surface area contributed by atoms with Crippen LogP contribution in [0.15, 0.2) is 122 Å². The zero-order valence-electron chi connectivity index (χ0n) is 22.0. The summed E-state index contributed by atoms with van der Waals surface area (Å²) in [6.07, 6.45) is 4.74. The number of benzene rings is 5. The number of rotatable bonds is 1. The molecule has 0 amide bonds. The molecule has 0 saturated heterocycles. The van der Waals surface area contributed by atoms with Gasteiger partial charge in [0.15, 0.2) is 0 Å². The first-order chi connectivity index (χ1) is 20.4. The van der Waals surface area contributed by atoms with Crippen LogP contribution in [0.3, 0.4) is 0 Å². The maximum Gasteiger partial charge on any atom is 0.146 e. The van der Waals surface area contributed by atoms with E-state index < -0.39 is 0 Å². The molecule has 0 N–H and O–H groups in total. The highest BCUT2D eigenvalue weighted by atomic mass is 15.0. The van der Waals surface area contributed by atoms with E-state index in [0.29, 0.717) is 0 Å². The number of hydrogen-bond acceptors (Lipinski definition) is 2. The molecule has 4 aromatic heterocycles. The number of imidazole rings is 1. The predicted octanol–water partition coefficient (Wildman–Crippen LogP) is 8.86. The molecule has 4 nitrogen and oxygen atoms in total. The Morgan fingerprint density at radius 3 is 2.20 bits per heavy atom. The van der Waals surface area contributed by atoms with Crippen molar-refractivity contribution in [1.82, 2.24) is 18.9 Å². The summed E-state index contributed by atoms with van der Waals surface area (Å²) < 4.78 is 4.71. The second-order valence-corrected chi connectivity index (χ2v) is 11.0. The summed E-state index contributed by atoms with van der Waals surface area (Å²) in [5.74, 6) is 0. The molecule has 0 radical (unpaired) electrons. The van der Waals surface area contributed by atoms with Gasteiger partial charge in [0.05, 0.1) is 33.8 Å². The van der Waals surface area contributed by atoms with Crippen molar-refractivity contribution in [2.24, 2.45) is 0 Å². The maximum atomic E-state index is 5.22. The molecule has 4 heteroatoms. The van der Waals surface area contributed by atoms with Crippen molar-refractivity contribution in [3.63, 3.8) is 0 Å². The average Bonchev–Trinajstić information content (AvgIpc) is 3.71. The summed E-state index contributed by atoms with van der Waals surface area (Å²) >= 11 is 0. The van der Waals surface area contributed by atoms with E-state index in [1.54, 1.807) is 0 Å². The lowest BCUT2D eigenvalue weighted by atomic mass is 9.97. The Labute approximate surface area is 234 Å². The van der Waals surface area contributed by atoms with E-state index in [1.807, 2.05) is 12.4 Å². The van der Waals surface area contributed by atoms with Gasteiger partial charge in [0.1, 0.15) is 5.65 Å². The van der Waals surface area contributed by atoms with E-state index in [1.165, 1.54) is 65.9 Å². The van der Waals surface area contributed by atoms with Gasteiger partial charge in [0.2, 0.25) is 0 Å². The standard InChI is InChI=1S/C37H22N4/c1-2-8-22(9-3-1)40-31-12-6-4-10-27(31)35-28-20-29-23(24(28)16-17-33(35)40)14-15-26-25-18-19-38-21-34(25)41-32-13-7-5-11-30(32)39-37(41)36(26)29/h1-19,21H,20H2. The summed E-state index contributed by atoms with van der Waals surface area (Å²) in [6.45, 7) is 0. The van der Waals surface area contributed by atoms with Crippen LogP contribution in [0.25, 0.3) is 77.0 Å². The molecule has 5 aromatic carbocycles. The van der Waals surface area contributed by atoms with Crippen LogP contribution in [0.2, 0.25) is 0 Å². The molecule has 0 fully saturated rings. The lowest BCUT2D eigenvalue weighted by Gasteiger charge is -2.12. The maximum absolute atomic E-state index is 5.22. The van der Waals surface area contributed by atoms with E-state index in [9.17, 15) is 0 Å². The molecule has 41 heavy (non-hydrogen) atoms. The van der Waals surface area contributed by atoms with Gasteiger partial charge >= 0.3 is 0 Å². The van der Waals surface area contributed by atoms with Gasteiger partial charge in [0.25, 0.3) is 0 Å². The van der Waals surface area contributed by atoms with Crippen LogP contribution >= 0.6 is 0 Å². The van der Waals surface area contributed by atoms with Crippen molar-refractivity contribution >= 4 is 60.2 Å². The van der Waals surface area contributed by atoms with Crippen LogP contribution in [0.1, 0.15) is 11.1 Å². The van der Waals surface area contributed by atoms with Crippen molar-refractivity contribution in [3.05, 3.63) is 133 Å². The van der Waals surface area contributed by atoms with Gasteiger partial charge in [-0.05, 0) is 70.1 Å². The molecule has 0 aliphatic heterocycles. The van der Waals surface area contributed by atoms with Crippen molar-refractivity contribution in [3.8, 4) is 16.8 Å². The number of fused-ring (bicyclic) bond motifs is 16. The van der Waals surface area contributed by atoms with E-state index in [-0.39, 0.29) is 0 Å². The lowest BCUT2D eigenvalue weighted by Crippen LogP contribution is -1.95. The SMILES string of the molecule is c1ccc(-n2c3ccccc3c3c4c(ccc32)-c2ccc3c5ccncc5n5c6ccccc6nc5c3c2C4)cc1. The fourth-order valence-electron chi connectivity index (χ4n) is 7.39. The molecule has 10 rings (SSSR count). The first-order valence-corrected chi connectivity index (χ1v) is 14.1. The Morgan fingerprint density at radius 2 is 1.29 bits per heavy atom. The van der Waals surface area contributed by atoms with Crippen LogP contribution in [-0.4, -0.2) is 18.9 Å². The fourth-order valence-corrected chi connectivity index (χ4v) is 7.39. The van der Waals surface area contributed by atoms with Crippen molar-refractivity contribution in [2.45, 2.75) is 6.42 Å². The van der Waals surface area contributed by atoms with E-state index in [0.717, 1.165) is 28.6 Å². The summed E-state index contributed by atoms with van der Waals surface area (Å²) in [5.41, 5.74) is 13.3. The molecule has 0 saturated carbocycles. The number of pyridine rings is 2. The number of para-hydroxylation sites is 4. The van der Waals surface area contributed by atoms with Crippen LogP contribution in [-0.2, 0) is 6.42 Å². The van der Waals surface area contributed by atoms with Crippen molar-refractivity contribution < 1.29 is 0 Å². The molecule has 0 unspecified atom stereocenters. The van der Waals surface area contributed by atoms with E-state index >= 15 is 0 Å². The van der Waals surface area contributed by atoms with Gasteiger partial charge in [-0.1, -0.05) is 66.7 Å². The lowest BCUT2D eigenvalue weighted by molar-refractivity contribution is 1.18. The first kappa shape index (κ1) is 21.4. The Morgan fingerprint density at radius 1 is 0.537 bits per heavy atom. The third-order valence-electron chi connectivity index (χ3n) is 9.03. The number of nitrogens with zero attached hydrogens (tertiary/aromatic N) is 4. The zero-order chi connectivity index (χ0) is 26.7. The third-order valence-corrected chi connectivity index (χ3v) is 9.03. The Hall–Kier alpha value is -5.48. The first-order valence-electron chi connectivity index (χ1n) is 14.1. The van der Waals surface area contributed by atoms with Crippen molar-refractivity contribution in [1.29, 1.82) is 0 Å². The molecule has 0 atom stereocenters. The molecule has 0 bridgehead atoms. The van der Waals surface area contributed by atoms with Gasteiger partial charge in [-0.25, -0.2) is 4.98 Å². The Balaban J connectivity index is 1.34. The topological polar surface area (TPSA) is 35.1 Å². The summed E-state index contributed by atoms with van der Waals surface area (Å²) in [5, 5.41) is 6.33. The monoisotopic (exact) mass is 522 g/mol. The van der Waals surface area contributed by atoms with Gasteiger partial charge in [-0.15, -0.1) is 0 Å². The third kappa shape index (κ3) is 2.64. The van der Waals surface area contributed by atoms with Gasteiger partial charge in [-0.3, -0.25) is 9.38 Å². The highest BCUT2D eigenvalue weighted by Gasteiger charge is 2.28. The van der Waals surface area contributed by atoms with Crippen LogP contribution < -0.4 is 0 Å². The van der Waals surface area contributed by atoms with Gasteiger partial charge < -0.3 is 4.57 Å². The van der Waals surface area contributed by atoms with Crippen LogP contribution in [0.5, 0.6) is 0 Å². The van der Waals surface area contributed by atoms with Crippen molar-refractivity contribution in [2.75, 3.05) is 0 Å². The summed E-state index contributed by atoms with van der Waals surface area (Å²) in [6, 6.07) is 39.4. The quantitative estimate of drug-likeness (QED) is 0.202. The molecule has 1 aliphatic rings. The van der Waals surface area contributed by atoms with E-state index in [4.69, 9.17) is 4.98 Å².